The number of nitrogens with one attached hydrogen (secondary N) is 2. The zero-order valence-electron chi connectivity index (χ0n) is 12.2. The van der Waals surface area contributed by atoms with E-state index in [2.05, 4.69) is 20.6 Å². The summed E-state index contributed by atoms with van der Waals surface area (Å²) in [6, 6.07) is 12.4. The third kappa shape index (κ3) is 3.64. The van der Waals surface area contributed by atoms with Crippen molar-refractivity contribution in [2.24, 2.45) is 0 Å². The Labute approximate surface area is 153 Å². The molecule has 4 N–H and O–H groups in total. The molecule has 1 heterocycles. The van der Waals surface area contributed by atoms with Crippen molar-refractivity contribution in [3.05, 3.63) is 63.9 Å². The molecule has 0 aliphatic carbocycles. The SMILES string of the molecule is Nc1c(Nc2ccccc2Cl)ncnc1Nc1cc(Cl)ccc1Cl. The summed E-state index contributed by atoms with van der Waals surface area (Å²) in [7, 11) is 0. The number of nitrogens with zero attached hydrogens (tertiary/aromatic N) is 2. The van der Waals surface area contributed by atoms with E-state index in [9.17, 15) is 0 Å². The standard InChI is InChI=1S/C16H12Cl3N5/c17-9-5-6-11(19)13(7-9)24-16-14(20)15(21-8-22-16)23-12-4-2-1-3-10(12)18/h1-8H,20H2,(H2,21,22,23,24). The quantitative estimate of drug-likeness (QED) is 0.556. The first-order valence-electron chi connectivity index (χ1n) is 6.88. The molecular formula is C16H12Cl3N5. The molecule has 8 heteroatoms. The topological polar surface area (TPSA) is 75.9 Å². The number of benzene rings is 2. The first-order chi connectivity index (χ1) is 11.5. The van der Waals surface area contributed by atoms with Gasteiger partial charge in [-0.15, -0.1) is 0 Å². The van der Waals surface area contributed by atoms with Crippen LogP contribution >= 0.6 is 34.8 Å². The average molecular weight is 381 g/mol. The number of rotatable bonds is 4. The van der Waals surface area contributed by atoms with Crippen LogP contribution in [0.25, 0.3) is 0 Å². The van der Waals surface area contributed by atoms with E-state index in [1.807, 2.05) is 18.2 Å². The summed E-state index contributed by atoms with van der Waals surface area (Å²) >= 11 is 18.3. The Morgan fingerprint density at radius 2 is 1.42 bits per heavy atom. The fourth-order valence-electron chi connectivity index (χ4n) is 2.01. The molecule has 0 fully saturated rings. The Balaban J connectivity index is 1.91. The van der Waals surface area contributed by atoms with Crippen LogP contribution in [-0.2, 0) is 0 Å². The highest BCUT2D eigenvalue weighted by atomic mass is 35.5. The van der Waals surface area contributed by atoms with Gasteiger partial charge >= 0.3 is 0 Å². The highest BCUT2D eigenvalue weighted by Crippen LogP contribution is 2.33. The van der Waals surface area contributed by atoms with E-state index in [-0.39, 0.29) is 0 Å². The molecule has 0 aliphatic heterocycles. The zero-order chi connectivity index (χ0) is 17.1. The highest BCUT2D eigenvalue weighted by molar-refractivity contribution is 6.35. The predicted molar refractivity (Wildman–Crippen MR) is 101 cm³/mol. The molecule has 0 saturated heterocycles. The summed E-state index contributed by atoms with van der Waals surface area (Å²) in [6.07, 6.45) is 1.39. The maximum atomic E-state index is 6.15. The lowest BCUT2D eigenvalue weighted by molar-refractivity contribution is 1.17. The number of nitrogens with two attached hydrogens (primary N) is 1. The molecule has 0 unspecified atom stereocenters. The lowest BCUT2D eigenvalue weighted by Crippen LogP contribution is -2.05. The Bertz CT molecular complexity index is 885. The number of halogens is 3. The Hall–Kier alpha value is -2.21. The van der Waals surface area contributed by atoms with Gasteiger partial charge in [-0.25, -0.2) is 9.97 Å². The summed E-state index contributed by atoms with van der Waals surface area (Å²) < 4.78 is 0. The van der Waals surface area contributed by atoms with Gasteiger partial charge in [-0.3, -0.25) is 0 Å². The molecule has 0 saturated carbocycles. The smallest absolute Gasteiger partial charge is 0.159 e. The molecule has 24 heavy (non-hydrogen) atoms. The molecule has 0 bridgehead atoms. The van der Waals surface area contributed by atoms with Crippen molar-refractivity contribution in [1.82, 2.24) is 9.97 Å². The van der Waals surface area contributed by atoms with Gasteiger partial charge in [0, 0.05) is 5.02 Å². The molecule has 0 radical (unpaired) electrons. The number of anilines is 5. The largest absolute Gasteiger partial charge is 0.393 e. The van der Waals surface area contributed by atoms with Crippen LogP contribution in [0.5, 0.6) is 0 Å². The van der Waals surface area contributed by atoms with Crippen molar-refractivity contribution in [2.75, 3.05) is 16.4 Å². The molecule has 0 amide bonds. The molecule has 5 nitrogen and oxygen atoms in total. The second-order valence-electron chi connectivity index (χ2n) is 4.84. The average Bonchev–Trinajstić information content (AvgIpc) is 2.56. The van der Waals surface area contributed by atoms with Crippen LogP contribution in [0.4, 0.5) is 28.7 Å². The van der Waals surface area contributed by atoms with E-state index in [1.54, 1.807) is 24.3 Å². The van der Waals surface area contributed by atoms with Crippen molar-refractivity contribution in [1.29, 1.82) is 0 Å². The van der Waals surface area contributed by atoms with Gasteiger partial charge < -0.3 is 16.4 Å². The van der Waals surface area contributed by atoms with Gasteiger partial charge in [-0.05, 0) is 30.3 Å². The summed E-state index contributed by atoms with van der Waals surface area (Å²) in [4.78, 5) is 8.30. The van der Waals surface area contributed by atoms with E-state index in [0.717, 1.165) is 0 Å². The van der Waals surface area contributed by atoms with Gasteiger partial charge in [-0.2, -0.15) is 0 Å². The minimum atomic E-state index is 0.327. The van der Waals surface area contributed by atoms with Crippen LogP contribution in [0.2, 0.25) is 15.1 Å². The summed E-state index contributed by atoms with van der Waals surface area (Å²) in [5.74, 6) is 0.836. The van der Waals surface area contributed by atoms with Gasteiger partial charge in [0.25, 0.3) is 0 Å². The second-order valence-corrected chi connectivity index (χ2v) is 6.09. The van der Waals surface area contributed by atoms with Crippen molar-refractivity contribution in [2.45, 2.75) is 0 Å². The van der Waals surface area contributed by atoms with E-state index in [0.29, 0.717) is 43.8 Å². The van der Waals surface area contributed by atoms with Crippen molar-refractivity contribution in [3.8, 4) is 0 Å². The van der Waals surface area contributed by atoms with Crippen LogP contribution < -0.4 is 16.4 Å². The maximum Gasteiger partial charge on any atom is 0.159 e. The van der Waals surface area contributed by atoms with Crippen LogP contribution in [-0.4, -0.2) is 9.97 Å². The first kappa shape index (κ1) is 16.6. The molecule has 3 rings (SSSR count). The van der Waals surface area contributed by atoms with Crippen molar-refractivity contribution < 1.29 is 0 Å². The molecule has 0 aliphatic rings. The zero-order valence-corrected chi connectivity index (χ0v) is 14.5. The number of aromatic nitrogens is 2. The van der Waals surface area contributed by atoms with Gasteiger partial charge in [0.2, 0.25) is 0 Å². The Morgan fingerprint density at radius 1 is 0.792 bits per heavy atom. The first-order valence-corrected chi connectivity index (χ1v) is 8.02. The number of nitrogen functional groups attached to an aromatic ring is 1. The number of hydrogen-bond acceptors (Lipinski definition) is 5. The highest BCUT2D eigenvalue weighted by Gasteiger charge is 2.11. The second kappa shape index (κ2) is 7.13. The third-order valence-electron chi connectivity index (χ3n) is 3.19. The number of hydrogen-bond donors (Lipinski definition) is 3. The lowest BCUT2D eigenvalue weighted by Gasteiger charge is -2.14. The normalized spacial score (nSPS) is 10.5. The van der Waals surface area contributed by atoms with Gasteiger partial charge in [0.05, 0.1) is 21.4 Å². The van der Waals surface area contributed by atoms with Crippen molar-refractivity contribution >= 4 is 63.5 Å². The monoisotopic (exact) mass is 379 g/mol. The third-order valence-corrected chi connectivity index (χ3v) is 4.09. The maximum absolute atomic E-state index is 6.15. The van der Waals surface area contributed by atoms with Gasteiger partial charge in [0.15, 0.2) is 11.6 Å². The van der Waals surface area contributed by atoms with Gasteiger partial charge in [0.1, 0.15) is 12.0 Å². The van der Waals surface area contributed by atoms with E-state index < -0.39 is 0 Å². The van der Waals surface area contributed by atoms with Crippen LogP contribution in [0, 0.1) is 0 Å². The molecule has 0 atom stereocenters. The summed E-state index contributed by atoms with van der Waals surface area (Å²) in [6.45, 7) is 0. The number of para-hydroxylation sites is 1. The van der Waals surface area contributed by atoms with Crippen LogP contribution in [0.1, 0.15) is 0 Å². The van der Waals surface area contributed by atoms with Gasteiger partial charge in [-0.1, -0.05) is 46.9 Å². The molecule has 3 aromatic rings. The minimum Gasteiger partial charge on any atom is -0.393 e. The van der Waals surface area contributed by atoms with E-state index in [1.165, 1.54) is 6.33 Å². The minimum absolute atomic E-state index is 0.327. The van der Waals surface area contributed by atoms with Crippen LogP contribution in [0.15, 0.2) is 48.8 Å². The fraction of sp³-hybridized carbons (Fsp3) is 0. The molecular weight excluding hydrogens is 369 g/mol. The molecule has 122 valence electrons. The lowest BCUT2D eigenvalue weighted by atomic mass is 10.3. The summed E-state index contributed by atoms with van der Waals surface area (Å²) in [5.41, 5.74) is 7.76. The Kier molecular flexibility index (Phi) is 4.94. The van der Waals surface area contributed by atoms with Crippen molar-refractivity contribution in [3.63, 3.8) is 0 Å². The molecule has 1 aromatic heterocycles. The predicted octanol–water partition coefficient (Wildman–Crippen LogP) is 5.51. The van der Waals surface area contributed by atoms with E-state index in [4.69, 9.17) is 40.5 Å². The fourth-order valence-corrected chi connectivity index (χ4v) is 2.53. The molecule has 0 spiro atoms. The van der Waals surface area contributed by atoms with E-state index >= 15 is 0 Å². The molecule has 2 aromatic carbocycles. The van der Waals surface area contributed by atoms with Crippen LogP contribution in [0.3, 0.4) is 0 Å². The Morgan fingerprint density at radius 3 is 2.12 bits per heavy atom. The summed E-state index contributed by atoms with van der Waals surface area (Å²) in [5, 5.41) is 7.74.